The average molecular weight is 621 g/mol. The molecule has 0 saturated carbocycles. The smallest absolute Gasteiger partial charge is 0.264 e. The number of nitrogens with zero attached hydrogens (tertiary/aromatic N) is 2. The minimum atomic E-state index is -4.10. The molecular weight excluding hydrogens is 590 g/mol. The topological polar surface area (TPSA) is 86.8 Å². The van der Waals surface area contributed by atoms with E-state index in [-0.39, 0.29) is 17.3 Å². The van der Waals surface area contributed by atoms with Crippen LogP contribution in [-0.2, 0) is 26.2 Å². The van der Waals surface area contributed by atoms with Crippen molar-refractivity contribution < 1.29 is 18.0 Å². The van der Waals surface area contributed by atoms with Gasteiger partial charge in [-0.1, -0.05) is 64.3 Å². The number of carbonyl (C=O) groups excluding carboxylic acids is 2. The number of halogens is 2. The molecule has 0 bridgehead atoms. The molecule has 1 atom stereocenters. The molecule has 0 radical (unpaired) electrons. The zero-order chi connectivity index (χ0) is 27.9. The normalized spacial score (nSPS) is 12.0. The molecule has 7 nitrogen and oxygen atoms in total. The monoisotopic (exact) mass is 619 g/mol. The molecule has 1 N–H and O–H groups in total. The lowest BCUT2D eigenvalue weighted by atomic mass is 10.1. The number of sulfonamides is 1. The zero-order valence-corrected chi connectivity index (χ0v) is 24.7. The Morgan fingerprint density at radius 1 is 1.03 bits per heavy atom. The summed E-state index contributed by atoms with van der Waals surface area (Å²) in [7, 11) is -4.10. The summed E-state index contributed by atoms with van der Waals surface area (Å²) >= 11 is 9.53. The first-order chi connectivity index (χ1) is 18.0. The van der Waals surface area contributed by atoms with Crippen molar-refractivity contribution >= 4 is 55.1 Å². The van der Waals surface area contributed by atoms with Crippen LogP contribution in [0.3, 0.4) is 0 Å². The number of amides is 2. The standard InChI is InChI=1S/C28H31BrClN3O4S/c1-4-16-31-28(35)21(3)32(18-22-6-5-7-24(30)17-22)27(34)19-33(25-12-10-23(29)11-13-25)38(36,37)26-14-8-20(2)9-15-26/h5-15,17,21H,4,16,18-19H2,1-3H3,(H,31,35)/t21-/m1/s1. The first-order valence-electron chi connectivity index (χ1n) is 12.2. The van der Waals surface area contributed by atoms with E-state index >= 15 is 0 Å². The van der Waals surface area contributed by atoms with Crippen molar-refractivity contribution in [1.29, 1.82) is 0 Å². The Kier molecular flexibility index (Phi) is 10.4. The Morgan fingerprint density at radius 3 is 2.29 bits per heavy atom. The highest BCUT2D eigenvalue weighted by molar-refractivity contribution is 9.10. The van der Waals surface area contributed by atoms with Crippen molar-refractivity contribution in [3.63, 3.8) is 0 Å². The Bertz CT molecular complexity index is 1370. The van der Waals surface area contributed by atoms with Gasteiger partial charge in [0.15, 0.2) is 0 Å². The summed E-state index contributed by atoms with van der Waals surface area (Å²) in [5.41, 5.74) is 1.96. The van der Waals surface area contributed by atoms with Gasteiger partial charge in [0.1, 0.15) is 12.6 Å². The number of hydrogen-bond donors (Lipinski definition) is 1. The van der Waals surface area contributed by atoms with E-state index in [1.807, 2.05) is 13.8 Å². The molecule has 202 valence electrons. The number of anilines is 1. The largest absolute Gasteiger partial charge is 0.354 e. The molecule has 0 fully saturated rings. The van der Waals surface area contributed by atoms with Crippen LogP contribution in [0.2, 0.25) is 5.02 Å². The molecule has 0 aliphatic rings. The maximum absolute atomic E-state index is 13.8. The zero-order valence-electron chi connectivity index (χ0n) is 21.5. The second kappa shape index (κ2) is 13.3. The van der Waals surface area contributed by atoms with E-state index < -0.39 is 28.5 Å². The highest BCUT2D eigenvalue weighted by atomic mass is 79.9. The van der Waals surface area contributed by atoms with Crippen LogP contribution in [0.25, 0.3) is 0 Å². The van der Waals surface area contributed by atoms with E-state index in [0.717, 1.165) is 26.3 Å². The fourth-order valence-corrected chi connectivity index (χ4v) is 5.68. The number of benzene rings is 3. The molecule has 38 heavy (non-hydrogen) atoms. The van der Waals surface area contributed by atoms with E-state index in [4.69, 9.17) is 11.6 Å². The molecule has 0 spiro atoms. The van der Waals surface area contributed by atoms with E-state index in [1.165, 1.54) is 17.0 Å². The summed E-state index contributed by atoms with van der Waals surface area (Å²) in [6.07, 6.45) is 0.743. The van der Waals surface area contributed by atoms with Crippen LogP contribution in [0.4, 0.5) is 5.69 Å². The van der Waals surface area contributed by atoms with Gasteiger partial charge in [0, 0.05) is 22.6 Å². The van der Waals surface area contributed by atoms with Gasteiger partial charge in [-0.2, -0.15) is 0 Å². The molecule has 0 aliphatic heterocycles. The minimum absolute atomic E-state index is 0.0638. The van der Waals surface area contributed by atoms with Gasteiger partial charge in [0.25, 0.3) is 10.0 Å². The fraction of sp³-hybridized carbons (Fsp3) is 0.286. The van der Waals surface area contributed by atoms with Gasteiger partial charge in [-0.15, -0.1) is 0 Å². The summed E-state index contributed by atoms with van der Waals surface area (Å²) in [6, 6.07) is 19.3. The van der Waals surface area contributed by atoms with Gasteiger partial charge < -0.3 is 10.2 Å². The summed E-state index contributed by atoms with van der Waals surface area (Å²) < 4.78 is 29.4. The molecule has 3 aromatic rings. The maximum atomic E-state index is 13.8. The molecule has 10 heteroatoms. The van der Waals surface area contributed by atoms with Gasteiger partial charge in [-0.25, -0.2) is 8.42 Å². The fourth-order valence-electron chi connectivity index (χ4n) is 3.78. The van der Waals surface area contributed by atoms with E-state index in [1.54, 1.807) is 67.6 Å². The number of carbonyl (C=O) groups is 2. The molecule has 0 unspecified atom stereocenters. The quantitative estimate of drug-likeness (QED) is 0.305. The van der Waals surface area contributed by atoms with Crippen molar-refractivity contribution in [3.05, 3.63) is 93.4 Å². The average Bonchev–Trinajstić information content (AvgIpc) is 2.89. The highest BCUT2D eigenvalue weighted by Crippen LogP contribution is 2.26. The van der Waals surface area contributed by atoms with Gasteiger partial charge in [-0.3, -0.25) is 13.9 Å². The second-order valence-electron chi connectivity index (χ2n) is 8.92. The van der Waals surface area contributed by atoms with Gasteiger partial charge in [-0.05, 0) is 74.4 Å². The molecular formula is C28H31BrClN3O4S. The first-order valence-corrected chi connectivity index (χ1v) is 14.8. The van der Waals surface area contributed by atoms with Gasteiger partial charge in [0.05, 0.1) is 10.6 Å². The molecule has 3 rings (SSSR count). The number of nitrogens with one attached hydrogen (secondary N) is 1. The van der Waals surface area contributed by atoms with E-state index in [9.17, 15) is 18.0 Å². The summed E-state index contributed by atoms with van der Waals surface area (Å²) in [4.78, 5) is 28.2. The molecule has 0 aromatic heterocycles. The molecule has 0 heterocycles. The first kappa shape index (κ1) is 29.7. The predicted molar refractivity (Wildman–Crippen MR) is 155 cm³/mol. The molecule has 3 aromatic carbocycles. The lowest BCUT2D eigenvalue weighted by Gasteiger charge is -2.32. The Balaban J connectivity index is 2.01. The van der Waals surface area contributed by atoms with Crippen molar-refractivity contribution in [3.8, 4) is 0 Å². The van der Waals surface area contributed by atoms with Crippen LogP contribution < -0.4 is 9.62 Å². The molecule has 2 amide bonds. The third-order valence-corrected chi connectivity index (χ3v) is 8.51. The van der Waals surface area contributed by atoms with Crippen molar-refractivity contribution in [2.24, 2.45) is 0 Å². The predicted octanol–water partition coefficient (Wildman–Crippen LogP) is 5.55. The summed E-state index contributed by atoms with van der Waals surface area (Å²) in [5, 5.41) is 3.32. The van der Waals surface area contributed by atoms with Crippen LogP contribution in [0, 0.1) is 6.92 Å². The van der Waals surface area contributed by atoms with Crippen molar-refractivity contribution in [1.82, 2.24) is 10.2 Å². The third-order valence-electron chi connectivity index (χ3n) is 5.96. The number of aryl methyl sites for hydroxylation is 1. The van der Waals surface area contributed by atoms with E-state index in [2.05, 4.69) is 21.2 Å². The van der Waals surface area contributed by atoms with Crippen LogP contribution in [0.5, 0.6) is 0 Å². The van der Waals surface area contributed by atoms with Crippen LogP contribution >= 0.6 is 27.5 Å². The minimum Gasteiger partial charge on any atom is -0.354 e. The highest BCUT2D eigenvalue weighted by Gasteiger charge is 2.32. The Labute approximate surface area is 238 Å². The van der Waals surface area contributed by atoms with Gasteiger partial charge >= 0.3 is 0 Å². The summed E-state index contributed by atoms with van der Waals surface area (Å²) in [6.45, 7) is 5.49. The van der Waals surface area contributed by atoms with Crippen LogP contribution in [0.1, 0.15) is 31.4 Å². The van der Waals surface area contributed by atoms with Crippen LogP contribution in [-0.4, -0.2) is 44.3 Å². The van der Waals surface area contributed by atoms with Crippen molar-refractivity contribution in [2.45, 2.75) is 44.7 Å². The van der Waals surface area contributed by atoms with E-state index in [0.29, 0.717) is 17.3 Å². The van der Waals surface area contributed by atoms with Gasteiger partial charge in [0.2, 0.25) is 11.8 Å². The van der Waals surface area contributed by atoms with Crippen LogP contribution in [0.15, 0.2) is 82.2 Å². The Hall–Kier alpha value is -2.88. The number of hydrogen-bond acceptors (Lipinski definition) is 4. The summed E-state index contributed by atoms with van der Waals surface area (Å²) in [5.74, 6) is -0.846. The number of rotatable bonds is 11. The SMILES string of the molecule is CCCNC(=O)[C@@H](C)N(Cc1cccc(Cl)c1)C(=O)CN(c1ccc(Br)cc1)S(=O)(=O)c1ccc(C)cc1. The molecule has 0 aliphatic carbocycles. The lowest BCUT2D eigenvalue weighted by molar-refractivity contribution is -0.139. The Morgan fingerprint density at radius 2 is 1.68 bits per heavy atom. The lowest BCUT2D eigenvalue weighted by Crippen LogP contribution is -2.51. The third kappa shape index (κ3) is 7.58. The maximum Gasteiger partial charge on any atom is 0.264 e. The van der Waals surface area contributed by atoms with Crippen molar-refractivity contribution in [2.75, 3.05) is 17.4 Å². The second-order valence-corrected chi connectivity index (χ2v) is 12.1. The molecule has 0 saturated heterocycles.